The van der Waals surface area contributed by atoms with Gasteiger partial charge in [0.05, 0.1) is 24.5 Å². The zero-order chi connectivity index (χ0) is 15.4. The quantitative estimate of drug-likeness (QED) is 0.576. The van der Waals surface area contributed by atoms with Gasteiger partial charge in [-0.2, -0.15) is 5.10 Å². The molecule has 2 aromatic carbocycles. The molecule has 110 valence electrons. The summed E-state index contributed by atoms with van der Waals surface area (Å²) in [5.74, 6) is 0.777. The zero-order valence-electron chi connectivity index (χ0n) is 12.0. The molecule has 1 heterocycles. The van der Waals surface area contributed by atoms with Gasteiger partial charge < -0.3 is 4.74 Å². The minimum absolute atomic E-state index is 0.662. The maximum Gasteiger partial charge on any atom is 0.127 e. The van der Waals surface area contributed by atoms with E-state index in [0.717, 1.165) is 27.9 Å². The Morgan fingerprint density at radius 3 is 2.91 bits per heavy atom. The molecule has 3 rings (SSSR count). The number of anilines is 1. The number of hydrogen-bond acceptors (Lipinski definition) is 4. The number of nitrogens with one attached hydrogen (secondary N) is 1. The van der Waals surface area contributed by atoms with Gasteiger partial charge in [0.25, 0.3) is 0 Å². The molecule has 0 unspecified atom stereocenters. The summed E-state index contributed by atoms with van der Waals surface area (Å²) in [6.07, 6.45) is 3.45. The third kappa shape index (κ3) is 3.02. The molecule has 5 heteroatoms. The highest BCUT2D eigenvalue weighted by Crippen LogP contribution is 2.24. The van der Waals surface area contributed by atoms with E-state index in [1.165, 1.54) is 0 Å². The second-order valence-corrected chi connectivity index (χ2v) is 5.07. The van der Waals surface area contributed by atoms with Crippen molar-refractivity contribution in [1.82, 2.24) is 4.98 Å². The van der Waals surface area contributed by atoms with Crippen LogP contribution in [0.15, 0.2) is 59.8 Å². The van der Waals surface area contributed by atoms with Gasteiger partial charge in [0.15, 0.2) is 0 Å². The molecule has 0 aliphatic heterocycles. The first-order valence-electron chi connectivity index (χ1n) is 6.74. The molecule has 0 atom stereocenters. The van der Waals surface area contributed by atoms with Gasteiger partial charge >= 0.3 is 0 Å². The van der Waals surface area contributed by atoms with Gasteiger partial charge in [-0.05, 0) is 36.4 Å². The molecule has 0 saturated carbocycles. The molecule has 0 fully saturated rings. The first-order valence-corrected chi connectivity index (χ1v) is 7.12. The van der Waals surface area contributed by atoms with E-state index in [-0.39, 0.29) is 0 Å². The van der Waals surface area contributed by atoms with E-state index in [1.807, 2.05) is 48.5 Å². The van der Waals surface area contributed by atoms with Crippen LogP contribution in [0.1, 0.15) is 5.56 Å². The van der Waals surface area contributed by atoms with Crippen LogP contribution in [0.25, 0.3) is 10.9 Å². The van der Waals surface area contributed by atoms with E-state index in [0.29, 0.717) is 5.02 Å². The van der Waals surface area contributed by atoms with Crippen molar-refractivity contribution in [3.8, 4) is 5.75 Å². The lowest BCUT2D eigenvalue weighted by Crippen LogP contribution is -1.94. The average molecular weight is 312 g/mol. The molecule has 22 heavy (non-hydrogen) atoms. The maximum absolute atomic E-state index is 5.98. The number of fused-ring (bicyclic) bond motifs is 1. The Balaban J connectivity index is 1.86. The van der Waals surface area contributed by atoms with E-state index in [2.05, 4.69) is 15.5 Å². The van der Waals surface area contributed by atoms with Crippen molar-refractivity contribution in [3.63, 3.8) is 0 Å². The predicted octanol–water partition coefficient (Wildman–Crippen LogP) is 4.34. The molecule has 4 nitrogen and oxygen atoms in total. The number of methoxy groups -OCH3 is 1. The molecule has 0 bridgehead atoms. The molecule has 1 aromatic heterocycles. The monoisotopic (exact) mass is 311 g/mol. The molecule has 0 spiro atoms. The van der Waals surface area contributed by atoms with Crippen LogP contribution in [0.4, 0.5) is 5.69 Å². The Morgan fingerprint density at radius 1 is 1.18 bits per heavy atom. The highest BCUT2D eigenvalue weighted by atomic mass is 35.5. The number of hydrogen-bond donors (Lipinski definition) is 1. The van der Waals surface area contributed by atoms with Gasteiger partial charge in [0.2, 0.25) is 0 Å². The molecule has 0 aliphatic carbocycles. The fourth-order valence-corrected chi connectivity index (χ4v) is 2.33. The minimum Gasteiger partial charge on any atom is -0.496 e. The van der Waals surface area contributed by atoms with Crippen molar-refractivity contribution in [1.29, 1.82) is 0 Å². The van der Waals surface area contributed by atoms with Crippen LogP contribution >= 0.6 is 11.6 Å². The SMILES string of the molecule is COc1ccccc1/C=N\Nc1ccnc2cc(Cl)ccc12. The van der Waals surface area contributed by atoms with Crippen LogP contribution in [0.2, 0.25) is 5.02 Å². The summed E-state index contributed by atoms with van der Waals surface area (Å²) in [4.78, 5) is 4.30. The van der Waals surface area contributed by atoms with Gasteiger partial charge in [-0.15, -0.1) is 0 Å². The molecule has 1 N–H and O–H groups in total. The predicted molar refractivity (Wildman–Crippen MR) is 91.0 cm³/mol. The summed E-state index contributed by atoms with van der Waals surface area (Å²) in [6, 6.07) is 15.1. The second kappa shape index (κ2) is 6.45. The summed E-state index contributed by atoms with van der Waals surface area (Å²) in [7, 11) is 1.64. The summed E-state index contributed by atoms with van der Waals surface area (Å²) >= 11 is 5.98. The number of pyridine rings is 1. The highest BCUT2D eigenvalue weighted by Gasteiger charge is 2.02. The lowest BCUT2D eigenvalue weighted by Gasteiger charge is -2.06. The van der Waals surface area contributed by atoms with E-state index in [1.54, 1.807) is 19.5 Å². The first-order chi connectivity index (χ1) is 10.8. The number of ether oxygens (including phenoxy) is 1. The number of aromatic nitrogens is 1. The lowest BCUT2D eigenvalue weighted by molar-refractivity contribution is 0.414. The Morgan fingerprint density at radius 2 is 2.05 bits per heavy atom. The van der Waals surface area contributed by atoms with Crippen molar-refractivity contribution in [2.24, 2.45) is 5.10 Å². The number of hydrazone groups is 1. The van der Waals surface area contributed by atoms with Crippen LogP contribution in [0, 0.1) is 0 Å². The van der Waals surface area contributed by atoms with Crippen molar-refractivity contribution >= 4 is 34.4 Å². The van der Waals surface area contributed by atoms with Crippen molar-refractivity contribution in [3.05, 3.63) is 65.3 Å². The van der Waals surface area contributed by atoms with Crippen LogP contribution in [0.5, 0.6) is 5.75 Å². The maximum atomic E-state index is 5.98. The number of halogens is 1. The summed E-state index contributed by atoms with van der Waals surface area (Å²) in [6.45, 7) is 0. The third-order valence-electron chi connectivity index (χ3n) is 3.23. The summed E-state index contributed by atoms with van der Waals surface area (Å²) < 4.78 is 5.29. The van der Waals surface area contributed by atoms with Crippen molar-refractivity contribution in [2.45, 2.75) is 0 Å². The molecular formula is C17H14ClN3O. The Hall–Kier alpha value is -2.59. The third-order valence-corrected chi connectivity index (χ3v) is 3.47. The standard InChI is InChI=1S/C17H14ClN3O/c1-22-17-5-3-2-4-12(17)11-20-21-15-8-9-19-16-10-13(18)6-7-14(15)16/h2-11H,1H3,(H,19,21)/b20-11-. The summed E-state index contributed by atoms with van der Waals surface area (Å²) in [5.41, 5.74) is 5.63. The van der Waals surface area contributed by atoms with Gasteiger partial charge in [-0.1, -0.05) is 23.7 Å². The highest BCUT2D eigenvalue weighted by molar-refractivity contribution is 6.31. The molecular weight excluding hydrogens is 298 g/mol. The number of rotatable bonds is 4. The van der Waals surface area contributed by atoms with Crippen LogP contribution in [-0.4, -0.2) is 18.3 Å². The lowest BCUT2D eigenvalue weighted by atomic mass is 10.2. The van der Waals surface area contributed by atoms with Crippen LogP contribution in [0.3, 0.4) is 0 Å². The number of nitrogens with zero attached hydrogens (tertiary/aromatic N) is 2. The van der Waals surface area contributed by atoms with Crippen molar-refractivity contribution in [2.75, 3.05) is 12.5 Å². The van der Waals surface area contributed by atoms with Gasteiger partial charge in [0.1, 0.15) is 5.75 Å². The van der Waals surface area contributed by atoms with Crippen molar-refractivity contribution < 1.29 is 4.74 Å². The summed E-state index contributed by atoms with van der Waals surface area (Å²) in [5, 5.41) is 5.90. The normalized spacial score (nSPS) is 11.0. The fourth-order valence-electron chi connectivity index (χ4n) is 2.16. The second-order valence-electron chi connectivity index (χ2n) is 4.63. The smallest absolute Gasteiger partial charge is 0.127 e. The minimum atomic E-state index is 0.662. The molecule has 0 radical (unpaired) electrons. The Labute approximate surface area is 133 Å². The Kier molecular flexibility index (Phi) is 4.21. The van der Waals surface area contributed by atoms with E-state index >= 15 is 0 Å². The molecule has 0 aliphatic rings. The molecule has 3 aromatic rings. The van der Waals surface area contributed by atoms with E-state index in [4.69, 9.17) is 16.3 Å². The Bertz CT molecular complexity index is 833. The van der Waals surface area contributed by atoms with E-state index in [9.17, 15) is 0 Å². The fraction of sp³-hybridized carbons (Fsp3) is 0.0588. The first kappa shape index (κ1) is 14.4. The number of para-hydroxylation sites is 1. The van der Waals surface area contributed by atoms with Gasteiger partial charge in [0, 0.05) is 22.2 Å². The molecule has 0 saturated heterocycles. The van der Waals surface area contributed by atoms with Crippen LogP contribution in [-0.2, 0) is 0 Å². The topological polar surface area (TPSA) is 46.5 Å². The molecule has 0 amide bonds. The van der Waals surface area contributed by atoms with Gasteiger partial charge in [-0.3, -0.25) is 10.4 Å². The average Bonchev–Trinajstić information content (AvgIpc) is 2.55. The zero-order valence-corrected chi connectivity index (χ0v) is 12.7. The van der Waals surface area contributed by atoms with E-state index < -0.39 is 0 Å². The van der Waals surface area contributed by atoms with Gasteiger partial charge in [-0.25, -0.2) is 0 Å². The van der Waals surface area contributed by atoms with Crippen LogP contribution < -0.4 is 10.2 Å². The largest absolute Gasteiger partial charge is 0.496 e. The number of benzene rings is 2.